The van der Waals surface area contributed by atoms with Crippen LogP contribution in [-0.2, 0) is 17.1 Å². The predicted molar refractivity (Wildman–Crippen MR) is 106 cm³/mol. The number of sulfonamides is 1. The molecule has 27 heavy (non-hydrogen) atoms. The van der Waals surface area contributed by atoms with E-state index in [0.29, 0.717) is 5.69 Å². The zero-order chi connectivity index (χ0) is 19.0. The largest absolute Gasteiger partial charge is 0.380 e. The molecule has 0 saturated carbocycles. The average molecular weight is 381 g/mol. The second kappa shape index (κ2) is 6.55. The smallest absolute Gasteiger partial charge is 0.259 e. The fourth-order valence-electron chi connectivity index (χ4n) is 3.14. The molecule has 1 aromatic carbocycles. The fourth-order valence-corrected chi connectivity index (χ4v) is 4.24. The van der Waals surface area contributed by atoms with Gasteiger partial charge in [0, 0.05) is 35.6 Å². The number of rotatable bonds is 4. The van der Waals surface area contributed by atoms with Gasteiger partial charge in [0.25, 0.3) is 10.0 Å². The lowest BCUT2D eigenvalue weighted by molar-refractivity contribution is 0.605. The molecule has 0 radical (unpaired) electrons. The van der Waals surface area contributed by atoms with Crippen molar-refractivity contribution in [1.82, 2.24) is 20.1 Å². The number of allylic oxidation sites excluding steroid dienone is 2. The summed E-state index contributed by atoms with van der Waals surface area (Å²) in [4.78, 5) is 4.54. The van der Waals surface area contributed by atoms with Crippen LogP contribution in [-0.4, -0.2) is 29.7 Å². The molecule has 0 spiro atoms. The summed E-state index contributed by atoms with van der Waals surface area (Å²) >= 11 is 0. The van der Waals surface area contributed by atoms with Crippen LogP contribution in [0.5, 0.6) is 0 Å². The molecular formula is C19H19N5O2S. The summed E-state index contributed by atoms with van der Waals surface area (Å²) in [6, 6.07) is 9.25. The van der Waals surface area contributed by atoms with Crippen LogP contribution in [0.25, 0.3) is 16.6 Å². The number of anilines is 1. The van der Waals surface area contributed by atoms with E-state index < -0.39 is 10.0 Å². The number of dihydropyridines is 1. The number of nitrogens with one attached hydrogen (secondary N) is 2. The van der Waals surface area contributed by atoms with Gasteiger partial charge < -0.3 is 5.32 Å². The van der Waals surface area contributed by atoms with Crippen LogP contribution >= 0.6 is 0 Å². The second-order valence-corrected chi connectivity index (χ2v) is 8.06. The number of aromatic nitrogens is 3. The summed E-state index contributed by atoms with van der Waals surface area (Å²) in [5, 5.41) is 8.25. The average Bonchev–Trinajstić information content (AvgIpc) is 3.04. The summed E-state index contributed by atoms with van der Waals surface area (Å²) in [6.07, 6.45) is 6.84. The molecule has 1 aliphatic rings. The van der Waals surface area contributed by atoms with Crippen molar-refractivity contribution in [1.29, 1.82) is 0 Å². The molecule has 138 valence electrons. The third-order valence-corrected chi connectivity index (χ3v) is 6.00. The fraction of sp³-hybridized carbons (Fsp3) is 0.158. The molecule has 0 atom stereocenters. The summed E-state index contributed by atoms with van der Waals surface area (Å²) in [5.41, 5.74) is 3.95. The molecule has 8 heteroatoms. The maximum absolute atomic E-state index is 12.9. The Kier molecular flexibility index (Phi) is 4.19. The van der Waals surface area contributed by atoms with Crippen LogP contribution in [0.3, 0.4) is 0 Å². The van der Waals surface area contributed by atoms with Crippen molar-refractivity contribution >= 4 is 32.3 Å². The molecule has 0 unspecified atom stereocenters. The number of benzene rings is 1. The lowest BCUT2D eigenvalue weighted by atomic mass is 10.1. The van der Waals surface area contributed by atoms with Gasteiger partial charge in [-0.25, -0.2) is 8.42 Å². The summed E-state index contributed by atoms with van der Waals surface area (Å²) < 4.78 is 30.0. The Morgan fingerprint density at radius 3 is 2.78 bits per heavy atom. The predicted octanol–water partition coefficient (Wildman–Crippen LogP) is 2.55. The zero-order valence-corrected chi connectivity index (χ0v) is 15.8. The molecule has 1 aliphatic heterocycles. The Morgan fingerprint density at radius 2 is 2.04 bits per heavy atom. The van der Waals surface area contributed by atoms with E-state index in [1.165, 1.54) is 0 Å². The minimum atomic E-state index is -3.69. The minimum absolute atomic E-state index is 0.205. The molecule has 0 amide bonds. The Bertz CT molecular complexity index is 1190. The lowest BCUT2D eigenvalue weighted by Crippen LogP contribution is -2.27. The van der Waals surface area contributed by atoms with Gasteiger partial charge in [-0.05, 0) is 37.3 Å². The van der Waals surface area contributed by atoms with Crippen LogP contribution in [0, 0.1) is 6.92 Å². The molecule has 0 aliphatic carbocycles. The van der Waals surface area contributed by atoms with E-state index in [0.717, 1.165) is 27.9 Å². The molecule has 7 nitrogen and oxygen atoms in total. The van der Waals surface area contributed by atoms with Crippen molar-refractivity contribution in [3.8, 4) is 0 Å². The minimum Gasteiger partial charge on any atom is -0.380 e. The van der Waals surface area contributed by atoms with Crippen molar-refractivity contribution in [2.75, 3.05) is 11.3 Å². The Balaban J connectivity index is 1.65. The van der Waals surface area contributed by atoms with Gasteiger partial charge in [-0.1, -0.05) is 12.1 Å². The van der Waals surface area contributed by atoms with E-state index in [4.69, 9.17) is 0 Å². The molecule has 0 fully saturated rings. The first-order chi connectivity index (χ1) is 13.0. The topological polar surface area (TPSA) is 88.9 Å². The van der Waals surface area contributed by atoms with Crippen LogP contribution in [0.15, 0.2) is 59.8 Å². The van der Waals surface area contributed by atoms with E-state index in [2.05, 4.69) is 20.1 Å². The third kappa shape index (κ3) is 3.19. The normalized spacial score (nSPS) is 14.4. The highest BCUT2D eigenvalue weighted by Crippen LogP contribution is 2.26. The van der Waals surface area contributed by atoms with Gasteiger partial charge in [0.2, 0.25) is 0 Å². The second-order valence-electron chi connectivity index (χ2n) is 6.32. The number of para-hydroxylation sites is 1. The van der Waals surface area contributed by atoms with E-state index in [1.807, 2.05) is 25.1 Å². The highest BCUT2D eigenvalue weighted by atomic mass is 32.2. The quantitative estimate of drug-likeness (QED) is 0.725. The van der Waals surface area contributed by atoms with E-state index in [1.54, 1.807) is 48.4 Å². The molecule has 3 heterocycles. The first kappa shape index (κ1) is 17.3. The van der Waals surface area contributed by atoms with E-state index in [-0.39, 0.29) is 11.4 Å². The number of pyridine rings is 1. The SMILES string of the molecule is Cc1ncccc1C1=CC=C(S(=O)(=O)Nc2cccc3cnn(C)c23)CN1. The van der Waals surface area contributed by atoms with Crippen molar-refractivity contribution in [3.05, 3.63) is 71.0 Å². The highest BCUT2D eigenvalue weighted by Gasteiger charge is 2.22. The first-order valence-electron chi connectivity index (χ1n) is 8.46. The maximum Gasteiger partial charge on any atom is 0.259 e. The van der Waals surface area contributed by atoms with Crippen molar-refractivity contribution < 1.29 is 8.42 Å². The highest BCUT2D eigenvalue weighted by molar-refractivity contribution is 7.96. The first-order valence-corrected chi connectivity index (χ1v) is 9.94. The number of hydrogen-bond donors (Lipinski definition) is 2. The van der Waals surface area contributed by atoms with Gasteiger partial charge >= 0.3 is 0 Å². The Hall–Kier alpha value is -3.13. The molecule has 4 rings (SSSR count). The van der Waals surface area contributed by atoms with Gasteiger partial charge in [-0.15, -0.1) is 0 Å². The Labute approximate surface area is 157 Å². The van der Waals surface area contributed by atoms with Gasteiger partial charge in [0.15, 0.2) is 0 Å². The van der Waals surface area contributed by atoms with Gasteiger partial charge in [0.1, 0.15) is 0 Å². The van der Waals surface area contributed by atoms with Crippen LogP contribution in [0.2, 0.25) is 0 Å². The summed E-state index contributed by atoms with van der Waals surface area (Å²) in [7, 11) is -1.91. The molecule has 2 aromatic heterocycles. The molecular weight excluding hydrogens is 362 g/mol. The van der Waals surface area contributed by atoms with Crippen molar-refractivity contribution in [2.45, 2.75) is 6.92 Å². The molecule has 0 saturated heterocycles. The number of aryl methyl sites for hydroxylation is 2. The summed E-state index contributed by atoms with van der Waals surface area (Å²) in [6.45, 7) is 2.13. The molecule has 3 aromatic rings. The van der Waals surface area contributed by atoms with Crippen molar-refractivity contribution in [3.63, 3.8) is 0 Å². The van der Waals surface area contributed by atoms with E-state index in [9.17, 15) is 8.42 Å². The zero-order valence-electron chi connectivity index (χ0n) is 15.0. The summed E-state index contributed by atoms with van der Waals surface area (Å²) in [5.74, 6) is 0. The maximum atomic E-state index is 12.9. The molecule has 2 N–H and O–H groups in total. The van der Waals surface area contributed by atoms with Gasteiger partial charge in [0.05, 0.1) is 28.9 Å². The Morgan fingerprint density at radius 1 is 1.19 bits per heavy atom. The van der Waals surface area contributed by atoms with Gasteiger partial charge in [-0.3, -0.25) is 14.4 Å². The number of hydrogen-bond acceptors (Lipinski definition) is 5. The number of fused-ring (bicyclic) bond motifs is 1. The molecule has 0 bridgehead atoms. The lowest BCUT2D eigenvalue weighted by Gasteiger charge is -2.19. The van der Waals surface area contributed by atoms with Crippen molar-refractivity contribution in [2.24, 2.45) is 7.05 Å². The standard InChI is InChI=1S/C19H19N5O2S/c1-13-16(6-4-10-20-13)17-9-8-15(12-21-17)27(25,26)23-18-7-3-5-14-11-22-24(2)19(14)18/h3-11,21,23H,12H2,1-2H3. The third-order valence-electron chi connectivity index (χ3n) is 4.54. The monoisotopic (exact) mass is 381 g/mol. The van der Waals surface area contributed by atoms with Gasteiger partial charge in [-0.2, -0.15) is 5.10 Å². The van der Waals surface area contributed by atoms with Crippen LogP contribution in [0.1, 0.15) is 11.3 Å². The van der Waals surface area contributed by atoms with Crippen LogP contribution < -0.4 is 10.0 Å². The van der Waals surface area contributed by atoms with E-state index >= 15 is 0 Å². The number of nitrogens with zero attached hydrogens (tertiary/aromatic N) is 3. The van der Waals surface area contributed by atoms with Crippen LogP contribution in [0.4, 0.5) is 5.69 Å².